The second kappa shape index (κ2) is 5.62. The van der Waals surface area contributed by atoms with Crippen LogP contribution in [0.4, 0.5) is 11.4 Å². The lowest BCUT2D eigenvalue weighted by Crippen LogP contribution is -2.03. The highest BCUT2D eigenvalue weighted by molar-refractivity contribution is 6.33. The van der Waals surface area contributed by atoms with Gasteiger partial charge in [-0.3, -0.25) is 4.98 Å². The monoisotopic (exact) mass is 297 g/mol. The van der Waals surface area contributed by atoms with Gasteiger partial charge in [0.25, 0.3) is 0 Å². The topological polar surface area (TPSA) is 50.9 Å². The highest BCUT2D eigenvalue weighted by Gasteiger charge is 2.05. The van der Waals surface area contributed by atoms with E-state index in [-0.39, 0.29) is 0 Å². The van der Waals surface area contributed by atoms with Gasteiger partial charge in [-0.15, -0.1) is 0 Å². The molecule has 0 atom stereocenters. The van der Waals surface area contributed by atoms with E-state index in [4.69, 9.17) is 17.3 Å². The number of nitrogen functional groups attached to an aromatic ring is 1. The minimum absolute atomic E-state index is 0.569. The Bertz CT molecular complexity index is 794. The van der Waals surface area contributed by atoms with E-state index in [2.05, 4.69) is 28.5 Å². The maximum absolute atomic E-state index is 6.09. The van der Waals surface area contributed by atoms with Gasteiger partial charge in [0.1, 0.15) is 0 Å². The third-order valence-electron chi connectivity index (χ3n) is 3.53. The molecular formula is C17H16ClN3. The van der Waals surface area contributed by atoms with Crippen LogP contribution in [0, 0.1) is 6.92 Å². The largest absolute Gasteiger partial charge is 0.398 e. The van der Waals surface area contributed by atoms with Crippen molar-refractivity contribution >= 4 is 33.9 Å². The van der Waals surface area contributed by atoms with Crippen LogP contribution in [-0.4, -0.2) is 4.98 Å². The fourth-order valence-corrected chi connectivity index (χ4v) is 2.56. The van der Waals surface area contributed by atoms with E-state index in [0.717, 1.165) is 27.7 Å². The Morgan fingerprint density at radius 2 is 2.00 bits per heavy atom. The number of nitrogens with two attached hydrogens (primary N) is 1. The lowest BCUT2D eigenvalue weighted by atomic mass is 10.1. The fourth-order valence-electron chi connectivity index (χ4n) is 2.39. The van der Waals surface area contributed by atoms with Gasteiger partial charge in [0.15, 0.2) is 0 Å². The van der Waals surface area contributed by atoms with Crippen molar-refractivity contribution in [2.75, 3.05) is 11.1 Å². The van der Waals surface area contributed by atoms with Crippen LogP contribution < -0.4 is 11.1 Å². The molecule has 106 valence electrons. The number of anilines is 2. The molecular weight excluding hydrogens is 282 g/mol. The van der Waals surface area contributed by atoms with Crippen molar-refractivity contribution in [3.8, 4) is 0 Å². The van der Waals surface area contributed by atoms with Gasteiger partial charge < -0.3 is 11.1 Å². The van der Waals surface area contributed by atoms with E-state index in [0.29, 0.717) is 17.3 Å². The summed E-state index contributed by atoms with van der Waals surface area (Å²) in [4.78, 5) is 4.46. The highest BCUT2D eigenvalue weighted by Crippen LogP contribution is 2.27. The molecule has 0 aliphatic rings. The second-order valence-electron chi connectivity index (χ2n) is 5.03. The number of nitrogens with zero attached hydrogens (tertiary/aromatic N) is 1. The van der Waals surface area contributed by atoms with E-state index in [1.54, 1.807) is 0 Å². The van der Waals surface area contributed by atoms with Crippen LogP contribution in [-0.2, 0) is 6.54 Å². The maximum Gasteiger partial charge on any atom is 0.0751 e. The summed E-state index contributed by atoms with van der Waals surface area (Å²) < 4.78 is 0. The zero-order valence-electron chi connectivity index (χ0n) is 11.7. The molecule has 3 rings (SSSR count). The van der Waals surface area contributed by atoms with E-state index >= 15 is 0 Å². The number of aromatic nitrogens is 1. The molecule has 0 saturated heterocycles. The molecule has 0 unspecified atom stereocenters. The van der Waals surface area contributed by atoms with Gasteiger partial charge in [0, 0.05) is 23.8 Å². The van der Waals surface area contributed by atoms with Crippen molar-refractivity contribution in [2.24, 2.45) is 0 Å². The Balaban J connectivity index is 1.89. The van der Waals surface area contributed by atoms with E-state index < -0.39 is 0 Å². The summed E-state index contributed by atoms with van der Waals surface area (Å²) in [5.41, 5.74) is 10.6. The van der Waals surface area contributed by atoms with E-state index in [1.807, 2.05) is 37.4 Å². The van der Waals surface area contributed by atoms with Gasteiger partial charge in [0.05, 0.1) is 16.2 Å². The van der Waals surface area contributed by atoms with Crippen LogP contribution in [0.15, 0.2) is 48.7 Å². The lowest BCUT2D eigenvalue weighted by molar-refractivity contribution is 1.14. The van der Waals surface area contributed by atoms with Crippen molar-refractivity contribution in [1.82, 2.24) is 4.98 Å². The number of nitrogens with one attached hydrogen (secondary N) is 1. The summed E-state index contributed by atoms with van der Waals surface area (Å²) in [7, 11) is 0. The van der Waals surface area contributed by atoms with Crippen LogP contribution in [0.5, 0.6) is 0 Å². The first-order valence-electron chi connectivity index (χ1n) is 6.77. The SMILES string of the molecule is Cc1cc(N)c(Cl)cc1NCc1cccc2cccnc12. The molecule has 2 aromatic carbocycles. The molecule has 0 saturated carbocycles. The molecule has 0 bridgehead atoms. The highest BCUT2D eigenvalue weighted by atomic mass is 35.5. The molecule has 1 aromatic heterocycles. The Morgan fingerprint density at radius 3 is 2.86 bits per heavy atom. The normalized spacial score (nSPS) is 10.8. The van der Waals surface area contributed by atoms with Gasteiger partial charge in [-0.2, -0.15) is 0 Å². The van der Waals surface area contributed by atoms with Crippen LogP contribution >= 0.6 is 11.6 Å². The smallest absolute Gasteiger partial charge is 0.0751 e. The number of para-hydroxylation sites is 1. The summed E-state index contributed by atoms with van der Waals surface area (Å²) in [5, 5.41) is 5.12. The third kappa shape index (κ3) is 2.78. The number of pyridine rings is 1. The van der Waals surface area contributed by atoms with Crippen LogP contribution in [0.1, 0.15) is 11.1 Å². The first kappa shape index (κ1) is 13.7. The molecule has 3 aromatic rings. The molecule has 1 heterocycles. The van der Waals surface area contributed by atoms with Gasteiger partial charge in [0.2, 0.25) is 0 Å². The van der Waals surface area contributed by atoms with Gasteiger partial charge in [-0.1, -0.05) is 35.9 Å². The van der Waals surface area contributed by atoms with Crippen molar-refractivity contribution in [3.63, 3.8) is 0 Å². The Labute approximate surface area is 128 Å². The lowest BCUT2D eigenvalue weighted by Gasteiger charge is -2.12. The number of hydrogen-bond acceptors (Lipinski definition) is 3. The Hall–Kier alpha value is -2.26. The minimum atomic E-state index is 0.569. The third-order valence-corrected chi connectivity index (χ3v) is 3.86. The van der Waals surface area contributed by atoms with Crippen molar-refractivity contribution in [1.29, 1.82) is 0 Å². The molecule has 0 radical (unpaired) electrons. The van der Waals surface area contributed by atoms with Gasteiger partial charge >= 0.3 is 0 Å². The standard InChI is InChI=1S/C17H16ClN3/c1-11-8-15(19)14(18)9-16(11)21-10-13-5-2-4-12-6-3-7-20-17(12)13/h2-9,21H,10,19H2,1H3. The average molecular weight is 298 g/mol. The Kier molecular flexibility index (Phi) is 3.67. The Morgan fingerprint density at radius 1 is 1.19 bits per heavy atom. The summed E-state index contributed by atoms with van der Waals surface area (Å²) in [5.74, 6) is 0. The number of hydrogen-bond donors (Lipinski definition) is 2. The molecule has 3 N–H and O–H groups in total. The molecule has 0 spiro atoms. The van der Waals surface area contributed by atoms with Gasteiger partial charge in [-0.05, 0) is 36.2 Å². The van der Waals surface area contributed by atoms with Crippen molar-refractivity contribution in [3.05, 3.63) is 64.8 Å². The van der Waals surface area contributed by atoms with Gasteiger partial charge in [-0.25, -0.2) is 0 Å². The molecule has 4 heteroatoms. The number of rotatable bonds is 3. The van der Waals surface area contributed by atoms with E-state index in [1.165, 1.54) is 0 Å². The zero-order valence-corrected chi connectivity index (χ0v) is 12.5. The number of fused-ring (bicyclic) bond motifs is 1. The molecule has 0 aliphatic carbocycles. The molecule has 0 amide bonds. The predicted molar refractivity (Wildman–Crippen MR) is 89.7 cm³/mol. The zero-order chi connectivity index (χ0) is 14.8. The van der Waals surface area contributed by atoms with Crippen molar-refractivity contribution < 1.29 is 0 Å². The summed E-state index contributed by atoms with van der Waals surface area (Å²) >= 11 is 6.09. The quantitative estimate of drug-likeness (QED) is 0.705. The first-order chi connectivity index (χ1) is 10.1. The second-order valence-corrected chi connectivity index (χ2v) is 5.44. The minimum Gasteiger partial charge on any atom is -0.398 e. The number of aryl methyl sites for hydroxylation is 1. The summed E-state index contributed by atoms with van der Waals surface area (Å²) in [6.45, 7) is 2.70. The summed E-state index contributed by atoms with van der Waals surface area (Å²) in [6.07, 6.45) is 1.82. The first-order valence-corrected chi connectivity index (χ1v) is 7.15. The predicted octanol–water partition coefficient (Wildman–Crippen LogP) is 4.39. The maximum atomic E-state index is 6.09. The van der Waals surface area contributed by atoms with Crippen molar-refractivity contribution in [2.45, 2.75) is 13.5 Å². The molecule has 21 heavy (non-hydrogen) atoms. The number of benzene rings is 2. The fraction of sp³-hybridized carbons (Fsp3) is 0.118. The van der Waals surface area contributed by atoms with Crippen LogP contribution in [0.3, 0.4) is 0 Å². The van der Waals surface area contributed by atoms with Crippen LogP contribution in [0.25, 0.3) is 10.9 Å². The van der Waals surface area contributed by atoms with E-state index in [9.17, 15) is 0 Å². The molecule has 0 aliphatic heterocycles. The molecule has 0 fully saturated rings. The average Bonchev–Trinajstić information content (AvgIpc) is 2.49. The van der Waals surface area contributed by atoms with Crippen LogP contribution in [0.2, 0.25) is 5.02 Å². The summed E-state index contributed by atoms with van der Waals surface area (Å²) in [6, 6.07) is 14.0. The molecule has 3 nitrogen and oxygen atoms in total. The number of halogens is 1.